The fourth-order valence-electron chi connectivity index (χ4n) is 3.41. The largest absolute Gasteiger partial charge is 0.504 e. The Hall–Kier alpha value is -2.20. The lowest BCUT2D eigenvalue weighted by atomic mass is 10.1. The van der Waals surface area contributed by atoms with Gasteiger partial charge in [0.2, 0.25) is 0 Å². The Kier molecular flexibility index (Phi) is 5.49. The van der Waals surface area contributed by atoms with Crippen LogP contribution in [0.1, 0.15) is 23.6 Å². The van der Waals surface area contributed by atoms with Gasteiger partial charge in [-0.1, -0.05) is 18.2 Å². The van der Waals surface area contributed by atoms with Crippen molar-refractivity contribution in [2.24, 2.45) is 0 Å². The fraction of sp³-hybridized carbons (Fsp3) is 0.429. The highest BCUT2D eigenvalue weighted by Crippen LogP contribution is 2.28. The van der Waals surface area contributed by atoms with Gasteiger partial charge in [0.15, 0.2) is 11.5 Å². The summed E-state index contributed by atoms with van der Waals surface area (Å²) in [5.74, 6) is 0.791. The second-order valence-corrected chi connectivity index (χ2v) is 6.72. The zero-order chi connectivity index (χ0) is 17.8. The molecule has 1 saturated heterocycles. The highest BCUT2D eigenvalue weighted by atomic mass is 16.5. The minimum Gasteiger partial charge on any atom is -0.504 e. The number of hydrogen-bond acceptors (Lipinski definition) is 4. The minimum atomic E-state index is 0.213. The first-order chi connectivity index (χ1) is 12.1. The van der Waals surface area contributed by atoms with Crippen LogP contribution < -0.4 is 9.64 Å². The molecule has 1 fully saturated rings. The van der Waals surface area contributed by atoms with Gasteiger partial charge in [0.1, 0.15) is 0 Å². The first-order valence-electron chi connectivity index (χ1n) is 9.06. The SMILES string of the molecule is CCOc1cc(CN2CCN(c3cccc(C)c3C)CC2)ccc1O. The highest BCUT2D eigenvalue weighted by Gasteiger charge is 2.19. The standard InChI is InChI=1S/C21H28N2O2/c1-4-25-21-14-18(8-9-20(21)24)15-22-10-12-23(13-11-22)19-7-5-6-16(2)17(19)3/h5-9,14,24H,4,10-13,15H2,1-3H3. The number of aryl methyl sites for hydroxylation is 1. The summed E-state index contributed by atoms with van der Waals surface area (Å²) in [6, 6.07) is 12.2. The van der Waals surface area contributed by atoms with Gasteiger partial charge in [-0.15, -0.1) is 0 Å². The summed E-state index contributed by atoms with van der Waals surface area (Å²) in [7, 11) is 0. The van der Waals surface area contributed by atoms with Crippen molar-refractivity contribution in [3.05, 3.63) is 53.1 Å². The molecular weight excluding hydrogens is 312 g/mol. The molecule has 4 nitrogen and oxygen atoms in total. The smallest absolute Gasteiger partial charge is 0.161 e. The summed E-state index contributed by atoms with van der Waals surface area (Å²) in [6.07, 6.45) is 0. The molecule has 0 aliphatic carbocycles. The number of nitrogens with zero attached hydrogens (tertiary/aromatic N) is 2. The van der Waals surface area contributed by atoms with E-state index >= 15 is 0 Å². The Labute approximate surface area is 150 Å². The van der Waals surface area contributed by atoms with Crippen LogP contribution in [0.15, 0.2) is 36.4 Å². The second kappa shape index (κ2) is 7.79. The fourth-order valence-corrected chi connectivity index (χ4v) is 3.41. The average Bonchev–Trinajstić information content (AvgIpc) is 2.61. The topological polar surface area (TPSA) is 35.9 Å². The quantitative estimate of drug-likeness (QED) is 0.900. The van der Waals surface area contributed by atoms with E-state index in [9.17, 15) is 5.11 Å². The lowest BCUT2D eigenvalue weighted by Crippen LogP contribution is -2.46. The molecule has 25 heavy (non-hydrogen) atoms. The maximum Gasteiger partial charge on any atom is 0.161 e. The zero-order valence-electron chi connectivity index (χ0n) is 15.5. The summed E-state index contributed by atoms with van der Waals surface area (Å²) in [5.41, 5.74) is 5.28. The van der Waals surface area contributed by atoms with Crippen LogP contribution in [0, 0.1) is 13.8 Å². The van der Waals surface area contributed by atoms with Gasteiger partial charge in [0.25, 0.3) is 0 Å². The van der Waals surface area contributed by atoms with Gasteiger partial charge in [-0.3, -0.25) is 4.90 Å². The van der Waals surface area contributed by atoms with Gasteiger partial charge in [0.05, 0.1) is 6.61 Å². The third kappa shape index (κ3) is 4.07. The highest BCUT2D eigenvalue weighted by molar-refractivity contribution is 5.56. The van der Waals surface area contributed by atoms with Crippen molar-refractivity contribution in [3.8, 4) is 11.5 Å². The molecule has 3 rings (SSSR count). The third-order valence-corrected chi connectivity index (χ3v) is 5.02. The average molecular weight is 340 g/mol. The van der Waals surface area contributed by atoms with E-state index in [0.717, 1.165) is 32.7 Å². The Morgan fingerprint density at radius 2 is 1.80 bits per heavy atom. The van der Waals surface area contributed by atoms with Crippen molar-refractivity contribution >= 4 is 5.69 Å². The molecule has 2 aromatic carbocycles. The van der Waals surface area contributed by atoms with E-state index in [0.29, 0.717) is 12.4 Å². The van der Waals surface area contributed by atoms with Gasteiger partial charge < -0.3 is 14.7 Å². The molecule has 1 heterocycles. The summed E-state index contributed by atoms with van der Waals surface area (Å²) >= 11 is 0. The first kappa shape index (κ1) is 17.6. The minimum absolute atomic E-state index is 0.213. The van der Waals surface area contributed by atoms with E-state index in [1.165, 1.54) is 22.4 Å². The number of hydrogen-bond donors (Lipinski definition) is 1. The number of rotatable bonds is 5. The number of phenols is 1. The van der Waals surface area contributed by atoms with E-state index in [4.69, 9.17) is 4.74 Å². The van der Waals surface area contributed by atoms with Gasteiger partial charge in [-0.05, 0) is 55.7 Å². The van der Waals surface area contributed by atoms with E-state index < -0.39 is 0 Å². The van der Waals surface area contributed by atoms with Crippen molar-refractivity contribution in [1.82, 2.24) is 4.90 Å². The van der Waals surface area contributed by atoms with E-state index in [1.54, 1.807) is 6.07 Å². The molecule has 1 aliphatic heterocycles. The summed E-state index contributed by atoms with van der Waals surface area (Å²) < 4.78 is 5.49. The number of benzene rings is 2. The third-order valence-electron chi connectivity index (χ3n) is 5.02. The van der Waals surface area contributed by atoms with Crippen LogP contribution in [0.4, 0.5) is 5.69 Å². The molecule has 0 unspecified atom stereocenters. The molecule has 4 heteroatoms. The van der Waals surface area contributed by atoms with Crippen molar-refractivity contribution < 1.29 is 9.84 Å². The Morgan fingerprint density at radius 3 is 2.52 bits per heavy atom. The molecule has 0 amide bonds. The molecule has 0 aromatic heterocycles. The van der Waals surface area contributed by atoms with Crippen molar-refractivity contribution in [1.29, 1.82) is 0 Å². The van der Waals surface area contributed by atoms with Crippen LogP contribution in [0.3, 0.4) is 0 Å². The van der Waals surface area contributed by atoms with Gasteiger partial charge in [-0.25, -0.2) is 0 Å². The van der Waals surface area contributed by atoms with E-state index in [1.807, 2.05) is 19.1 Å². The number of phenolic OH excluding ortho intramolecular Hbond substituents is 1. The maximum absolute atomic E-state index is 9.84. The van der Waals surface area contributed by atoms with Crippen LogP contribution in [-0.4, -0.2) is 42.8 Å². The molecule has 1 N–H and O–H groups in total. The van der Waals surface area contributed by atoms with Crippen LogP contribution in [-0.2, 0) is 6.54 Å². The van der Waals surface area contributed by atoms with Crippen LogP contribution in [0.2, 0.25) is 0 Å². The number of piperazine rings is 1. The number of ether oxygens (including phenoxy) is 1. The van der Waals surface area contributed by atoms with Crippen LogP contribution in [0.25, 0.3) is 0 Å². The summed E-state index contributed by atoms with van der Waals surface area (Å²) in [6.45, 7) is 11.9. The van der Waals surface area contributed by atoms with Crippen molar-refractivity contribution in [2.45, 2.75) is 27.3 Å². The maximum atomic E-state index is 9.84. The molecule has 0 atom stereocenters. The van der Waals surface area contributed by atoms with Crippen LogP contribution in [0.5, 0.6) is 11.5 Å². The van der Waals surface area contributed by atoms with E-state index in [-0.39, 0.29) is 5.75 Å². The molecule has 0 saturated carbocycles. The molecule has 0 spiro atoms. The van der Waals surface area contributed by atoms with Gasteiger partial charge >= 0.3 is 0 Å². The Morgan fingerprint density at radius 1 is 1.04 bits per heavy atom. The molecule has 134 valence electrons. The Balaban J connectivity index is 1.61. The van der Waals surface area contributed by atoms with Crippen LogP contribution >= 0.6 is 0 Å². The number of aromatic hydroxyl groups is 1. The normalized spacial score (nSPS) is 15.4. The van der Waals surface area contributed by atoms with Gasteiger partial charge in [0, 0.05) is 38.4 Å². The summed E-state index contributed by atoms with van der Waals surface area (Å²) in [5, 5.41) is 9.84. The molecule has 1 aliphatic rings. The lowest BCUT2D eigenvalue weighted by Gasteiger charge is -2.37. The van der Waals surface area contributed by atoms with E-state index in [2.05, 4.69) is 41.8 Å². The predicted octanol–water partition coefficient (Wildman–Crippen LogP) is 3.73. The van der Waals surface area contributed by atoms with Crippen molar-refractivity contribution in [3.63, 3.8) is 0 Å². The number of anilines is 1. The zero-order valence-corrected chi connectivity index (χ0v) is 15.5. The first-order valence-corrected chi connectivity index (χ1v) is 9.06. The second-order valence-electron chi connectivity index (χ2n) is 6.72. The predicted molar refractivity (Wildman–Crippen MR) is 103 cm³/mol. The molecular formula is C21H28N2O2. The molecule has 0 bridgehead atoms. The summed E-state index contributed by atoms with van der Waals surface area (Å²) in [4.78, 5) is 4.95. The van der Waals surface area contributed by atoms with Crippen molar-refractivity contribution in [2.75, 3.05) is 37.7 Å². The van der Waals surface area contributed by atoms with Gasteiger partial charge in [-0.2, -0.15) is 0 Å². The Bertz CT molecular complexity index is 722. The lowest BCUT2D eigenvalue weighted by molar-refractivity contribution is 0.249. The molecule has 2 aromatic rings. The monoisotopic (exact) mass is 340 g/mol. The molecule has 0 radical (unpaired) electrons.